The summed E-state index contributed by atoms with van der Waals surface area (Å²) >= 11 is 6.62. The Bertz CT molecular complexity index is 650. The Kier molecular flexibility index (Phi) is 5.53. The van der Waals surface area contributed by atoms with Crippen LogP contribution in [0.4, 0.5) is 0 Å². The zero-order valence-corrected chi connectivity index (χ0v) is 13.5. The third-order valence-electron chi connectivity index (χ3n) is 3.15. The summed E-state index contributed by atoms with van der Waals surface area (Å²) in [4.78, 5) is 12.5. The summed E-state index contributed by atoms with van der Waals surface area (Å²) in [5.74, 6) is 1.33. The first-order chi connectivity index (χ1) is 10.1. The highest BCUT2D eigenvalue weighted by Crippen LogP contribution is 2.18. The number of aryl methyl sites for hydroxylation is 1. The van der Waals surface area contributed by atoms with Crippen LogP contribution in [0.3, 0.4) is 0 Å². The minimum absolute atomic E-state index is 0.146. The van der Waals surface area contributed by atoms with Crippen molar-refractivity contribution in [3.05, 3.63) is 70.8 Å². The van der Waals surface area contributed by atoms with Gasteiger partial charge in [0.1, 0.15) is 4.99 Å². The fourth-order valence-corrected chi connectivity index (χ4v) is 3.09. The normalized spacial score (nSPS) is 10.3. The molecular weight excluding hydrogens is 298 g/mol. The zero-order valence-electron chi connectivity index (χ0n) is 11.8. The zero-order chi connectivity index (χ0) is 15.2. The van der Waals surface area contributed by atoms with Gasteiger partial charge in [0.15, 0.2) is 5.78 Å². The minimum Gasteiger partial charge on any atom is -0.389 e. The van der Waals surface area contributed by atoms with Gasteiger partial charge in [0.2, 0.25) is 0 Å². The van der Waals surface area contributed by atoms with E-state index in [1.54, 1.807) is 11.8 Å². The van der Waals surface area contributed by atoms with Gasteiger partial charge in [-0.2, -0.15) is 0 Å². The largest absolute Gasteiger partial charge is 0.389 e. The molecule has 0 saturated carbocycles. The van der Waals surface area contributed by atoms with Crippen LogP contribution in [-0.4, -0.2) is 16.5 Å². The van der Waals surface area contributed by atoms with Crippen LogP contribution in [0, 0.1) is 6.92 Å². The van der Waals surface area contributed by atoms with Gasteiger partial charge in [-0.25, -0.2) is 0 Å². The Labute approximate surface area is 134 Å². The van der Waals surface area contributed by atoms with Crippen LogP contribution in [0.2, 0.25) is 0 Å². The Morgan fingerprint density at radius 3 is 2.48 bits per heavy atom. The number of benzene rings is 2. The molecule has 108 valence electrons. The first kappa shape index (κ1) is 15.7. The maximum absolute atomic E-state index is 12.1. The van der Waals surface area contributed by atoms with Crippen molar-refractivity contribution in [2.75, 3.05) is 5.75 Å². The molecule has 0 aliphatic heterocycles. The number of ketones is 1. The highest BCUT2D eigenvalue weighted by atomic mass is 32.2. The van der Waals surface area contributed by atoms with Gasteiger partial charge in [-0.1, -0.05) is 66.3 Å². The summed E-state index contributed by atoms with van der Waals surface area (Å²) in [5.41, 5.74) is 9.59. The van der Waals surface area contributed by atoms with Gasteiger partial charge in [-0.3, -0.25) is 4.79 Å². The average molecular weight is 315 g/mol. The lowest BCUT2D eigenvalue weighted by Crippen LogP contribution is -2.12. The van der Waals surface area contributed by atoms with Crippen molar-refractivity contribution in [2.45, 2.75) is 12.7 Å². The van der Waals surface area contributed by atoms with Crippen LogP contribution in [-0.2, 0) is 5.75 Å². The van der Waals surface area contributed by atoms with Gasteiger partial charge >= 0.3 is 0 Å². The molecule has 2 nitrogen and oxygen atoms in total. The van der Waals surface area contributed by atoms with E-state index in [1.807, 2.05) is 55.5 Å². The number of carbonyl (C=O) groups is 1. The second-order valence-electron chi connectivity index (χ2n) is 4.80. The van der Waals surface area contributed by atoms with Crippen molar-refractivity contribution in [3.8, 4) is 0 Å². The van der Waals surface area contributed by atoms with Crippen LogP contribution in [0.5, 0.6) is 0 Å². The number of hydrogen-bond donors (Lipinski definition) is 1. The Morgan fingerprint density at radius 2 is 1.81 bits per heavy atom. The molecule has 2 aromatic carbocycles. The lowest BCUT2D eigenvalue weighted by atomic mass is 10.1. The topological polar surface area (TPSA) is 43.1 Å². The van der Waals surface area contributed by atoms with Gasteiger partial charge in [-0.15, -0.1) is 11.8 Å². The molecule has 2 N–H and O–H groups in total. The second-order valence-corrected chi connectivity index (χ2v) is 6.23. The summed E-state index contributed by atoms with van der Waals surface area (Å²) in [6.45, 7) is 2.01. The quantitative estimate of drug-likeness (QED) is 0.651. The molecule has 0 heterocycles. The maximum Gasteiger partial charge on any atom is 0.172 e. The number of thioether (sulfide) groups is 1. The fourth-order valence-electron chi connectivity index (χ4n) is 1.96. The van der Waals surface area contributed by atoms with Crippen molar-refractivity contribution in [1.82, 2.24) is 0 Å². The molecule has 0 aliphatic rings. The predicted molar refractivity (Wildman–Crippen MR) is 94.0 cm³/mol. The monoisotopic (exact) mass is 315 g/mol. The lowest BCUT2D eigenvalue weighted by molar-refractivity contribution is 0.102. The molecule has 0 radical (unpaired) electrons. The smallest absolute Gasteiger partial charge is 0.172 e. The summed E-state index contributed by atoms with van der Waals surface area (Å²) in [6.07, 6.45) is 0. The number of thiocarbonyl (C=S) groups is 1. The van der Waals surface area contributed by atoms with Crippen LogP contribution < -0.4 is 5.73 Å². The molecular formula is C17H17NOS2. The summed E-state index contributed by atoms with van der Waals surface area (Å²) in [5, 5.41) is 0. The van der Waals surface area contributed by atoms with Crippen molar-refractivity contribution >= 4 is 34.8 Å². The number of Topliss-reactive ketones (excluding diaryl/α,β-unsaturated/α-hetero) is 1. The molecule has 4 heteroatoms. The van der Waals surface area contributed by atoms with Gasteiger partial charge in [-0.05, 0) is 12.5 Å². The van der Waals surface area contributed by atoms with Crippen LogP contribution in [0.1, 0.15) is 27.0 Å². The molecule has 0 aromatic heterocycles. The third kappa shape index (κ3) is 4.41. The van der Waals surface area contributed by atoms with E-state index in [2.05, 4.69) is 0 Å². The van der Waals surface area contributed by atoms with E-state index in [0.29, 0.717) is 10.7 Å². The summed E-state index contributed by atoms with van der Waals surface area (Å²) < 4.78 is 0. The molecule has 0 atom stereocenters. The first-order valence-electron chi connectivity index (χ1n) is 6.63. The van der Waals surface area contributed by atoms with Crippen LogP contribution >= 0.6 is 24.0 Å². The van der Waals surface area contributed by atoms with Gasteiger partial charge in [0.05, 0.1) is 5.75 Å². The summed E-state index contributed by atoms with van der Waals surface area (Å²) in [7, 11) is 0. The van der Waals surface area contributed by atoms with Crippen molar-refractivity contribution in [3.63, 3.8) is 0 Å². The van der Waals surface area contributed by atoms with Crippen molar-refractivity contribution in [1.29, 1.82) is 0 Å². The van der Waals surface area contributed by atoms with E-state index in [-0.39, 0.29) is 5.78 Å². The molecule has 0 spiro atoms. The molecule has 0 aliphatic carbocycles. The Hall–Kier alpha value is -1.65. The predicted octanol–water partition coefficient (Wildman–Crippen LogP) is 3.75. The Morgan fingerprint density at radius 1 is 1.14 bits per heavy atom. The van der Waals surface area contributed by atoms with Crippen LogP contribution in [0.25, 0.3) is 0 Å². The van der Waals surface area contributed by atoms with E-state index < -0.39 is 0 Å². The summed E-state index contributed by atoms with van der Waals surface area (Å²) in [6, 6.07) is 15.5. The highest BCUT2D eigenvalue weighted by Gasteiger charge is 2.08. The highest BCUT2D eigenvalue weighted by molar-refractivity contribution is 7.99. The third-order valence-corrected chi connectivity index (χ3v) is 4.35. The number of nitrogens with two attached hydrogens (primary N) is 1. The lowest BCUT2D eigenvalue weighted by Gasteiger charge is -2.07. The first-order valence-corrected chi connectivity index (χ1v) is 8.19. The number of carbonyl (C=O) groups excluding carboxylic acids is 1. The number of rotatable bonds is 6. The molecule has 0 unspecified atom stereocenters. The SMILES string of the molecule is Cc1ccc(C(=O)CSCc2ccccc2C(N)=S)cc1. The minimum atomic E-state index is 0.146. The fraction of sp³-hybridized carbons (Fsp3) is 0.176. The van der Waals surface area contributed by atoms with Gasteiger partial charge < -0.3 is 5.73 Å². The van der Waals surface area contributed by atoms with E-state index in [0.717, 1.165) is 28.0 Å². The molecule has 21 heavy (non-hydrogen) atoms. The van der Waals surface area contributed by atoms with E-state index in [9.17, 15) is 4.79 Å². The molecule has 2 rings (SSSR count). The maximum atomic E-state index is 12.1. The molecule has 0 amide bonds. The van der Waals surface area contributed by atoms with Crippen molar-refractivity contribution in [2.24, 2.45) is 5.73 Å². The second kappa shape index (κ2) is 7.38. The van der Waals surface area contributed by atoms with Gasteiger partial charge in [0, 0.05) is 16.9 Å². The molecule has 0 bridgehead atoms. The average Bonchev–Trinajstić information content (AvgIpc) is 2.48. The Balaban J connectivity index is 1.94. The molecule has 0 fully saturated rings. The van der Waals surface area contributed by atoms with E-state index >= 15 is 0 Å². The standard InChI is InChI=1S/C17H17NOS2/c1-12-6-8-13(9-7-12)16(19)11-21-10-14-4-2-3-5-15(14)17(18)20/h2-9H,10-11H2,1H3,(H2,18,20). The molecule has 0 saturated heterocycles. The van der Waals surface area contributed by atoms with Crippen LogP contribution in [0.15, 0.2) is 48.5 Å². The van der Waals surface area contributed by atoms with Crippen molar-refractivity contribution < 1.29 is 4.79 Å². The molecule has 2 aromatic rings. The van der Waals surface area contributed by atoms with Gasteiger partial charge in [0.25, 0.3) is 0 Å². The number of hydrogen-bond acceptors (Lipinski definition) is 3. The van der Waals surface area contributed by atoms with E-state index in [1.165, 1.54) is 0 Å². The van der Waals surface area contributed by atoms with E-state index in [4.69, 9.17) is 18.0 Å².